The smallest absolute Gasteiger partial charge is 0.263 e. The van der Waals surface area contributed by atoms with E-state index >= 15 is 0 Å². The molecule has 37 heavy (non-hydrogen) atoms. The molecule has 0 aliphatic carbocycles. The van der Waals surface area contributed by atoms with Crippen LogP contribution in [0, 0.1) is 5.92 Å². The van der Waals surface area contributed by atoms with Gasteiger partial charge in [0, 0.05) is 15.7 Å². The first-order chi connectivity index (χ1) is 17.8. The Kier molecular flexibility index (Phi) is 6.47. The zero-order chi connectivity index (χ0) is 25.8. The van der Waals surface area contributed by atoms with Gasteiger partial charge in [0.15, 0.2) is 5.17 Å². The molecule has 10 heteroatoms. The van der Waals surface area contributed by atoms with Crippen LogP contribution in [0.15, 0.2) is 64.1 Å². The summed E-state index contributed by atoms with van der Waals surface area (Å²) >= 11 is 13.8. The van der Waals surface area contributed by atoms with Crippen molar-refractivity contribution in [3.05, 3.63) is 80.3 Å². The molecule has 4 aliphatic rings. The van der Waals surface area contributed by atoms with Gasteiger partial charge >= 0.3 is 0 Å². The molecule has 2 aromatic rings. The van der Waals surface area contributed by atoms with Gasteiger partial charge < -0.3 is 19.9 Å². The summed E-state index contributed by atoms with van der Waals surface area (Å²) in [5.74, 6) is -0.249. The van der Waals surface area contributed by atoms with E-state index < -0.39 is 0 Å². The first kappa shape index (κ1) is 24.8. The van der Waals surface area contributed by atoms with Gasteiger partial charge in [0.05, 0.1) is 31.3 Å². The molecule has 2 aromatic carbocycles. The van der Waals surface area contributed by atoms with E-state index in [1.165, 1.54) is 11.8 Å². The SMILES string of the molecule is CC(C)C1=C(C(=O)N2CC(=O)NC3COCC32)SC2=N[C@@H](c3ccc(Cl)cc3)[C@@H](c3ccc(Cl)cc3)N21. The van der Waals surface area contributed by atoms with Crippen LogP contribution < -0.4 is 5.32 Å². The van der Waals surface area contributed by atoms with Crippen molar-refractivity contribution < 1.29 is 14.3 Å². The Morgan fingerprint density at radius 1 is 1.05 bits per heavy atom. The number of carbonyl (C=O) groups excluding carboxylic acids is 2. The Bertz CT molecular complexity index is 1310. The third kappa shape index (κ3) is 4.34. The van der Waals surface area contributed by atoms with Crippen molar-refractivity contribution >= 4 is 51.9 Å². The lowest BCUT2D eigenvalue weighted by molar-refractivity contribution is -0.138. The summed E-state index contributed by atoms with van der Waals surface area (Å²) in [6.45, 7) is 5.04. The fourth-order valence-corrected chi connectivity index (χ4v) is 7.11. The number of amides is 2. The van der Waals surface area contributed by atoms with Crippen LogP contribution in [0.25, 0.3) is 0 Å². The standard InChI is InChI=1S/C27H26Cl2N4O3S/c1-14(2)23-25(26(35)32-11-21(34)30-19-12-36-13-20(19)32)37-27-31-22(15-3-7-17(28)8-4-15)24(33(23)27)16-5-9-18(29)10-6-16/h3-10,14,19-20,22,24H,11-13H2,1-2H3,(H,30,34)/t19?,20?,22-,24+/m0/s1. The summed E-state index contributed by atoms with van der Waals surface area (Å²) in [5.41, 5.74) is 3.02. The van der Waals surface area contributed by atoms with Crippen molar-refractivity contribution in [2.75, 3.05) is 19.8 Å². The van der Waals surface area contributed by atoms with Crippen molar-refractivity contribution in [2.45, 2.75) is 38.0 Å². The van der Waals surface area contributed by atoms with E-state index in [4.69, 9.17) is 32.9 Å². The predicted molar refractivity (Wildman–Crippen MR) is 145 cm³/mol. The van der Waals surface area contributed by atoms with Crippen molar-refractivity contribution in [1.82, 2.24) is 15.1 Å². The Balaban J connectivity index is 1.42. The lowest BCUT2D eigenvalue weighted by atomic mass is 9.92. The minimum absolute atomic E-state index is 0.0271. The van der Waals surface area contributed by atoms with Crippen molar-refractivity contribution in [3.8, 4) is 0 Å². The molecule has 4 heterocycles. The van der Waals surface area contributed by atoms with E-state index in [9.17, 15) is 9.59 Å². The number of nitrogens with one attached hydrogen (secondary N) is 1. The topological polar surface area (TPSA) is 74.2 Å². The predicted octanol–water partition coefficient (Wildman–Crippen LogP) is 4.79. The number of benzene rings is 2. The van der Waals surface area contributed by atoms with Crippen molar-refractivity contribution in [3.63, 3.8) is 0 Å². The minimum Gasteiger partial charge on any atom is -0.377 e. The number of halogens is 2. The number of fused-ring (bicyclic) bond motifs is 2. The van der Waals surface area contributed by atoms with Gasteiger partial charge in [-0.1, -0.05) is 61.3 Å². The second-order valence-corrected chi connectivity index (χ2v) is 11.8. The minimum atomic E-state index is -0.181. The zero-order valence-electron chi connectivity index (χ0n) is 20.4. The van der Waals surface area contributed by atoms with Crippen LogP contribution >= 0.6 is 35.0 Å². The van der Waals surface area contributed by atoms with E-state index in [0.717, 1.165) is 22.0 Å². The van der Waals surface area contributed by atoms with E-state index in [1.807, 2.05) is 48.5 Å². The Morgan fingerprint density at radius 2 is 1.70 bits per heavy atom. The zero-order valence-corrected chi connectivity index (χ0v) is 22.7. The molecule has 2 fully saturated rings. The molecule has 0 spiro atoms. The summed E-state index contributed by atoms with van der Waals surface area (Å²) < 4.78 is 5.60. The molecule has 2 amide bonds. The molecule has 6 rings (SSSR count). The van der Waals surface area contributed by atoms with Crippen LogP contribution in [0.1, 0.15) is 37.1 Å². The summed E-state index contributed by atoms with van der Waals surface area (Å²) in [5, 5.41) is 5.07. The maximum atomic E-state index is 14.0. The van der Waals surface area contributed by atoms with Gasteiger partial charge in [-0.25, -0.2) is 0 Å². The Morgan fingerprint density at radius 3 is 2.35 bits per heavy atom. The van der Waals surface area contributed by atoms with Gasteiger partial charge in [-0.15, -0.1) is 0 Å². The Labute approximate surface area is 229 Å². The number of aliphatic imine (C=N–C) groups is 1. The molecular weight excluding hydrogens is 531 g/mol. The average Bonchev–Trinajstić information content (AvgIpc) is 3.57. The monoisotopic (exact) mass is 556 g/mol. The van der Waals surface area contributed by atoms with Crippen LogP contribution in [0.5, 0.6) is 0 Å². The number of rotatable bonds is 4. The van der Waals surface area contributed by atoms with Crippen LogP contribution in [-0.4, -0.2) is 58.6 Å². The van der Waals surface area contributed by atoms with Gasteiger partial charge in [0.1, 0.15) is 17.5 Å². The highest BCUT2D eigenvalue weighted by Gasteiger charge is 2.49. The summed E-state index contributed by atoms with van der Waals surface area (Å²) in [7, 11) is 0. The molecule has 0 saturated carbocycles. The number of hydrogen-bond acceptors (Lipinski definition) is 6. The number of carbonyl (C=O) groups is 2. The van der Waals surface area contributed by atoms with E-state index in [0.29, 0.717) is 28.2 Å². The van der Waals surface area contributed by atoms with Gasteiger partial charge in [-0.3, -0.25) is 14.6 Å². The summed E-state index contributed by atoms with van der Waals surface area (Å²) in [6, 6.07) is 14.9. The first-order valence-electron chi connectivity index (χ1n) is 12.3. The molecule has 0 radical (unpaired) electrons. The number of allylic oxidation sites excluding steroid dienone is 1. The van der Waals surface area contributed by atoms with Crippen molar-refractivity contribution in [2.24, 2.45) is 10.9 Å². The van der Waals surface area contributed by atoms with Gasteiger partial charge in [-0.2, -0.15) is 0 Å². The maximum Gasteiger partial charge on any atom is 0.263 e. The highest BCUT2D eigenvalue weighted by Crippen LogP contribution is 2.53. The van der Waals surface area contributed by atoms with Crippen LogP contribution in [0.4, 0.5) is 0 Å². The normalized spacial score (nSPS) is 26.9. The van der Waals surface area contributed by atoms with E-state index in [1.54, 1.807) is 4.90 Å². The highest BCUT2D eigenvalue weighted by molar-refractivity contribution is 8.18. The molecule has 1 N–H and O–H groups in total. The third-order valence-corrected chi connectivity index (χ3v) is 8.83. The lowest BCUT2D eigenvalue weighted by Crippen LogP contribution is -2.61. The molecule has 4 aliphatic heterocycles. The molecule has 0 bridgehead atoms. The molecule has 7 nitrogen and oxygen atoms in total. The maximum absolute atomic E-state index is 14.0. The average molecular weight is 558 g/mol. The molecule has 0 aromatic heterocycles. The largest absolute Gasteiger partial charge is 0.377 e. The Hall–Kier alpha value is -2.52. The fourth-order valence-electron chi connectivity index (χ4n) is 5.56. The van der Waals surface area contributed by atoms with Crippen LogP contribution in [-0.2, 0) is 14.3 Å². The highest BCUT2D eigenvalue weighted by atomic mass is 35.5. The van der Waals surface area contributed by atoms with E-state index in [2.05, 4.69) is 24.1 Å². The third-order valence-electron chi connectivity index (χ3n) is 7.25. The molecule has 2 saturated heterocycles. The quantitative estimate of drug-likeness (QED) is 0.586. The second kappa shape index (κ2) is 9.66. The molecule has 4 atom stereocenters. The van der Waals surface area contributed by atoms with Crippen LogP contribution in [0.3, 0.4) is 0 Å². The van der Waals surface area contributed by atoms with Gasteiger partial charge in [0.25, 0.3) is 5.91 Å². The van der Waals surface area contributed by atoms with Crippen LogP contribution in [0.2, 0.25) is 10.0 Å². The summed E-state index contributed by atoms with van der Waals surface area (Å²) in [4.78, 5) is 36.1. The number of amidine groups is 1. The molecule has 2 unspecified atom stereocenters. The van der Waals surface area contributed by atoms with Gasteiger partial charge in [-0.05, 0) is 53.1 Å². The number of piperazine rings is 1. The number of hydrogen-bond donors (Lipinski definition) is 1. The van der Waals surface area contributed by atoms with E-state index in [-0.39, 0.29) is 48.4 Å². The molecular formula is C27H26Cl2N4O3S. The second-order valence-electron chi connectivity index (χ2n) is 9.96. The number of nitrogens with zero attached hydrogens (tertiary/aromatic N) is 3. The lowest BCUT2D eigenvalue weighted by Gasteiger charge is -2.37. The summed E-state index contributed by atoms with van der Waals surface area (Å²) in [6.07, 6.45) is 0. The fraction of sp³-hybridized carbons (Fsp3) is 0.370. The van der Waals surface area contributed by atoms with Gasteiger partial charge in [0.2, 0.25) is 5.91 Å². The van der Waals surface area contributed by atoms with Crippen molar-refractivity contribution in [1.29, 1.82) is 0 Å². The first-order valence-corrected chi connectivity index (χ1v) is 13.9. The molecule has 192 valence electrons. The number of thioether (sulfide) groups is 1. The number of ether oxygens (including phenoxy) is 1.